The Morgan fingerprint density at radius 2 is 1.74 bits per heavy atom. The molecule has 3 aromatic carbocycles. The molecule has 0 radical (unpaired) electrons. The number of likely N-dealkylation sites (tertiary alicyclic amines) is 1. The van der Waals surface area contributed by atoms with Gasteiger partial charge in [-0.05, 0) is 66.3 Å². The van der Waals surface area contributed by atoms with E-state index in [0.29, 0.717) is 47.4 Å². The van der Waals surface area contributed by atoms with E-state index >= 15 is 0 Å². The summed E-state index contributed by atoms with van der Waals surface area (Å²) in [7, 11) is 1.55. The summed E-state index contributed by atoms with van der Waals surface area (Å²) in [5.74, 6) is -1.36. The molecule has 3 aliphatic rings. The van der Waals surface area contributed by atoms with Gasteiger partial charge < -0.3 is 40.2 Å². The van der Waals surface area contributed by atoms with Crippen molar-refractivity contribution in [1.29, 1.82) is 0 Å². The molecular formula is C46H51F3N5O7-. The van der Waals surface area contributed by atoms with Gasteiger partial charge in [0, 0.05) is 40.9 Å². The van der Waals surface area contributed by atoms with Gasteiger partial charge in [0.2, 0.25) is 17.7 Å². The number of amides is 3. The number of pyridine rings is 1. The molecule has 61 heavy (non-hydrogen) atoms. The van der Waals surface area contributed by atoms with Gasteiger partial charge in [0.15, 0.2) is 0 Å². The molecule has 12 nitrogen and oxygen atoms in total. The molecule has 1 aliphatic heterocycles. The molecule has 0 spiro atoms. The average Bonchev–Trinajstić information content (AvgIpc) is 4.12. The van der Waals surface area contributed by atoms with Crippen LogP contribution in [0.25, 0.3) is 22.2 Å². The van der Waals surface area contributed by atoms with E-state index in [-0.39, 0.29) is 37.3 Å². The maximum Gasteiger partial charge on any atom is 0.416 e. The van der Waals surface area contributed by atoms with Gasteiger partial charge in [-0.3, -0.25) is 14.4 Å². The Kier molecular flexibility index (Phi) is 11.4. The first-order chi connectivity index (χ1) is 28.7. The average molecular weight is 843 g/mol. The second kappa shape index (κ2) is 16.0. The van der Waals surface area contributed by atoms with E-state index in [1.807, 2.05) is 37.3 Å². The molecule has 2 aliphatic carbocycles. The molecule has 7 rings (SSSR count). The second-order valence-corrected chi connectivity index (χ2v) is 17.9. The van der Waals surface area contributed by atoms with E-state index < -0.39 is 69.7 Å². The normalized spacial score (nSPS) is 23.3. The second-order valence-electron chi connectivity index (χ2n) is 17.9. The summed E-state index contributed by atoms with van der Waals surface area (Å²) in [5, 5.41) is 22.6. The van der Waals surface area contributed by atoms with Crippen molar-refractivity contribution in [3.8, 4) is 22.8 Å². The summed E-state index contributed by atoms with van der Waals surface area (Å²) in [6.07, 6.45) is -3.60. The number of rotatable bonds is 14. The number of nitrogens with zero attached hydrogens (tertiary/aromatic N) is 2. The number of benzene rings is 3. The van der Waals surface area contributed by atoms with Crippen LogP contribution in [0.5, 0.6) is 11.5 Å². The Balaban J connectivity index is 1.24. The van der Waals surface area contributed by atoms with E-state index in [1.54, 1.807) is 59.1 Å². The van der Waals surface area contributed by atoms with Crippen molar-refractivity contribution in [3.63, 3.8) is 0 Å². The molecule has 1 saturated heterocycles. The van der Waals surface area contributed by atoms with Gasteiger partial charge in [0.25, 0.3) is 0 Å². The smallest absolute Gasteiger partial charge is 0.416 e. The quantitative estimate of drug-likeness (QED) is 0.0983. The number of halogens is 3. The minimum absolute atomic E-state index is 0.0228. The largest absolute Gasteiger partial charge is 0.828 e. The van der Waals surface area contributed by atoms with Crippen LogP contribution >= 0.6 is 0 Å². The van der Waals surface area contributed by atoms with Gasteiger partial charge in [-0.25, -0.2) is 4.98 Å². The number of aromatic nitrogens is 1. The molecule has 15 heteroatoms. The van der Waals surface area contributed by atoms with Gasteiger partial charge in [-0.1, -0.05) is 77.4 Å². The molecule has 1 unspecified atom stereocenters. The number of ether oxygens (including phenoxy) is 2. The Hall–Kier alpha value is -5.70. The van der Waals surface area contributed by atoms with Crippen molar-refractivity contribution in [1.82, 2.24) is 20.5 Å². The lowest BCUT2D eigenvalue weighted by Crippen LogP contribution is -2.69. The number of carbonyl (C=O) groups excluding carboxylic acids is 4. The van der Waals surface area contributed by atoms with E-state index in [9.17, 15) is 37.5 Å². The predicted molar refractivity (Wildman–Crippen MR) is 220 cm³/mol. The predicted octanol–water partition coefficient (Wildman–Crippen LogP) is 6.26. The highest BCUT2D eigenvalue weighted by Gasteiger charge is 2.63. The lowest BCUT2D eigenvalue weighted by Gasteiger charge is -2.43. The molecule has 1 aromatic heterocycles. The zero-order chi connectivity index (χ0) is 44.1. The van der Waals surface area contributed by atoms with E-state index in [0.717, 1.165) is 17.7 Å². The molecule has 2 heterocycles. The third-order valence-corrected chi connectivity index (χ3v) is 12.5. The molecule has 3 fully saturated rings. The van der Waals surface area contributed by atoms with Crippen molar-refractivity contribution >= 4 is 40.6 Å². The Bertz CT molecular complexity index is 2330. The van der Waals surface area contributed by atoms with Crippen LogP contribution in [-0.2, 0) is 25.4 Å². The molecule has 0 bridgehead atoms. The number of anilines is 1. The first-order valence-electron chi connectivity index (χ1n) is 20.5. The molecule has 2 saturated carbocycles. The number of carbonyl (C=O) groups is 4. The number of aldehydes is 1. The summed E-state index contributed by atoms with van der Waals surface area (Å²) in [4.78, 5) is 61.9. The minimum Gasteiger partial charge on any atom is -0.828 e. The van der Waals surface area contributed by atoms with Crippen LogP contribution in [0.4, 0.5) is 18.9 Å². The minimum atomic E-state index is -4.63. The van der Waals surface area contributed by atoms with Gasteiger partial charge >= 0.3 is 6.18 Å². The van der Waals surface area contributed by atoms with Gasteiger partial charge in [-0.2, -0.15) is 13.2 Å². The lowest BCUT2D eigenvalue weighted by molar-refractivity contribution is -0.479. The number of alkyl halides is 3. The van der Waals surface area contributed by atoms with Crippen molar-refractivity contribution in [2.24, 2.45) is 16.7 Å². The number of nitrogens with one attached hydrogen (secondary N) is 3. The summed E-state index contributed by atoms with van der Waals surface area (Å²) in [6.45, 7) is 8.66. The molecule has 6 atom stereocenters. The fourth-order valence-electron chi connectivity index (χ4n) is 8.25. The highest BCUT2D eigenvalue weighted by atomic mass is 19.4. The van der Waals surface area contributed by atoms with E-state index in [1.165, 1.54) is 17.0 Å². The first kappa shape index (κ1) is 43.4. The summed E-state index contributed by atoms with van der Waals surface area (Å²) < 4.78 is 53.4. The van der Waals surface area contributed by atoms with Crippen LogP contribution in [0.15, 0.2) is 78.9 Å². The van der Waals surface area contributed by atoms with Crippen LogP contribution in [-0.4, -0.2) is 77.0 Å². The molecule has 3 amide bonds. The van der Waals surface area contributed by atoms with Crippen LogP contribution in [0.3, 0.4) is 0 Å². The number of hydrogen-bond donors (Lipinski definition) is 3. The van der Waals surface area contributed by atoms with E-state index in [2.05, 4.69) is 16.0 Å². The highest BCUT2D eigenvalue weighted by Crippen LogP contribution is 2.52. The number of hydrogen-bond acceptors (Lipinski definition) is 9. The van der Waals surface area contributed by atoms with Crippen LogP contribution in [0, 0.1) is 16.7 Å². The topological polar surface area (TPSA) is 162 Å². The van der Waals surface area contributed by atoms with Gasteiger partial charge in [-0.15, -0.1) is 0 Å². The summed E-state index contributed by atoms with van der Waals surface area (Å²) >= 11 is 0. The molecule has 324 valence electrons. The van der Waals surface area contributed by atoms with Gasteiger partial charge in [0.1, 0.15) is 41.5 Å². The Morgan fingerprint density at radius 3 is 2.34 bits per heavy atom. The molecule has 4 aromatic rings. The third kappa shape index (κ3) is 8.62. The Labute approximate surface area is 352 Å². The van der Waals surface area contributed by atoms with Crippen LogP contribution in [0.1, 0.15) is 72.3 Å². The standard InChI is InChI=1S/C46H51F3N5O7/c1-7-28-24-44(28,41(58)53-45(59,26-55)43(5)18-19-43)52-39(56)36-22-32(25-54(36)40(57)38(42(2,3)4)50-30-15-11-14-29(20-30)46(47,48)49)61-37-23-34(27-12-9-8-10-13-27)51-35-21-31(60-6)16-17-33(35)37/h8-17,20-21,23,26,28,32,36,38,50H,7,18-19,22,24-25H2,1-6H3,(H,52,56)(H,53,58)/q-1/t28-,32-,36+,38-,44-,45?/m1/s1. The maximum atomic E-state index is 14.9. The van der Waals surface area contributed by atoms with Gasteiger partial charge in [0.05, 0.1) is 30.4 Å². The van der Waals surface area contributed by atoms with E-state index in [4.69, 9.17) is 14.5 Å². The molecular weight excluding hydrogens is 792 g/mol. The van der Waals surface area contributed by atoms with Crippen LogP contribution < -0.4 is 30.5 Å². The SMILES string of the molecule is CC[C@@H]1C[C@]1(NC(=O)[C@@H]1C[C@@H](Oc2cc(-c3ccccc3)nc3cc(OC)ccc23)CN1C(=O)[C@@H](Nc1cccc(C(F)(F)F)c1)C(C)(C)C)C(=O)NC([O-])(C=O)C1(C)CC1. The zero-order valence-corrected chi connectivity index (χ0v) is 35.0. The number of fused-ring (bicyclic) bond motifs is 1. The fraction of sp³-hybridized carbons (Fsp3) is 0.457. The summed E-state index contributed by atoms with van der Waals surface area (Å²) in [5.41, 5.74) is -4.57. The first-order valence-corrected chi connectivity index (χ1v) is 20.5. The van der Waals surface area contributed by atoms with Crippen LogP contribution in [0.2, 0.25) is 0 Å². The third-order valence-electron chi connectivity index (χ3n) is 12.5. The van der Waals surface area contributed by atoms with Crippen molar-refractivity contribution in [2.75, 3.05) is 19.0 Å². The number of methoxy groups -OCH3 is 1. The van der Waals surface area contributed by atoms with Crippen molar-refractivity contribution < 1.29 is 46.9 Å². The summed E-state index contributed by atoms with van der Waals surface area (Å²) in [6, 6.07) is 18.8. The van der Waals surface area contributed by atoms with Crippen molar-refractivity contribution in [3.05, 3.63) is 84.4 Å². The highest BCUT2D eigenvalue weighted by molar-refractivity contribution is 5.99. The lowest BCUT2D eigenvalue weighted by atomic mass is 9.85. The zero-order valence-electron chi connectivity index (χ0n) is 35.0. The maximum absolute atomic E-state index is 14.9. The molecule has 3 N–H and O–H groups in total. The van der Waals surface area contributed by atoms with Crippen molar-refractivity contribution in [2.45, 2.75) is 102 Å². The Morgan fingerprint density at radius 1 is 1.02 bits per heavy atom. The monoisotopic (exact) mass is 842 g/mol. The fourth-order valence-corrected chi connectivity index (χ4v) is 8.25.